The smallest absolute Gasteiger partial charge is 0.257 e. The van der Waals surface area contributed by atoms with Gasteiger partial charge in [0.2, 0.25) is 10.0 Å². The number of halogens is 1. The highest BCUT2D eigenvalue weighted by atomic mass is 32.2. The monoisotopic (exact) mass is 435 g/mol. The predicted molar refractivity (Wildman–Crippen MR) is 113 cm³/mol. The molecular formula is C20H22FN3O3S2. The number of rotatable bonds is 8. The molecule has 3 rings (SSSR count). The lowest BCUT2D eigenvalue weighted by Gasteiger charge is -2.20. The van der Waals surface area contributed by atoms with Gasteiger partial charge in [-0.25, -0.2) is 17.8 Å². The van der Waals surface area contributed by atoms with Crippen molar-refractivity contribution in [2.45, 2.75) is 31.6 Å². The van der Waals surface area contributed by atoms with Gasteiger partial charge in [-0.2, -0.15) is 4.31 Å². The van der Waals surface area contributed by atoms with Crippen LogP contribution in [0.4, 0.5) is 9.52 Å². The summed E-state index contributed by atoms with van der Waals surface area (Å²) in [5, 5.41) is 2.92. The zero-order chi connectivity index (χ0) is 21.0. The van der Waals surface area contributed by atoms with E-state index in [4.69, 9.17) is 0 Å². The number of anilines is 1. The molecule has 1 heterocycles. The number of hydrogen-bond donors (Lipinski definition) is 1. The van der Waals surface area contributed by atoms with Crippen molar-refractivity contribution >= 4 is 42.6 Å². The molecule has 3 aromatic rings. The lowest BCUT2D eigenvalue weighted by molar-refractivity contribution is 0.102. The molecule has 1 aromatic heterocycles. The summed E-state index contributed by atoms with van der Waals surface area (Å²) in [7, 11) is -3.60. The van der Waals surface area contributed by atoms with Gasteiger partial charge in [0.05, 0.1) is 9.60 Å². The standard InChI is InChI=1S/C20H22FN3O3S2/c1-3-5-13-24(4-2)29(26,27)15-11-9-14(10-12-15)19(25)23-20-22-18-16(21)7-6-8-17(18)28-20/h6-12H,3-5,13H2,1-2H3,(H,22,23,25). The van der Waals surface area contributed by atoms with Crippen LogP contribution in [0.5, 0.6) is 0 Å². The Morgan fingerprint density at radius 1 is 1.17 bits per heavy atom. The Kier molecular flexibility index (Phi) is 6.61. The van der Waals surface area contributed by atoms with Crippen LogP contribution in [-0.2, 0) is 10.0 Å². The molecule has 6 nitrogen and oxygen atoms in total. The average molecular weight is 436 g/mol. The second-order valence-corrected chi connectivity index (χ2v) is 9.40. The van der Waals surface area contributed by atoms with Gasteiger partial charge < -0.3 is 0 Å². The Balaban J connectivity index is 1.76. The molecular weight excluding hydrogens is 413 g/mol. The number of carbonyl (C=O) groups excluding carboxylic acids is 1. The minimum absolute atomic E-state index is 0.147. The summed E-state index contributed by atoms with van der Waals surface area (Å²) in [5.41, 5.74) is 0.501. The highest BCUT2D eigenvalue weighted by Gasteiger charge is 2.23. The van der Waals surface area contributed by atoms with E-state index in [0.717, 1.165) is 12.8 Å². The van der Waals surface area contributed by atoms with Gasteiger partial charge in [0, 0.05) is 18.7 Å². The molecule has 1 N–H and O–H groups in total. The summed E-state index contributed by atoms with van der Waals surface area (Å²) < 4.78 is 41.3. The second-order valence-electron chi connectivity index (χ2n) is 6.43. The van der Waals surface area contributed by atoms with Gasteiger partial charge in [-0.05, 0) is 42.8 Å². The molecule has 0 saturated carbocycles. The fourth-order valence-corrected chi connectivity index (χ4v) is 5.21. The van der Waals surface area contributed by atoms with E-state index < -0.39 is 21.7 Å². The highest BCUT2D eigenvalue weighted by molar-refractivity contribution is 7.89. The normalized spacial score (nSPS) is 11.9. The molecule has 0 atom stereocenters. The van der Waals surface area contributed by atoms with Gasteiger partial charge in [0.15, 0.2) is 5.13 Å². The van der Waals surface area contributed by atoms with E-state index in [1.807, 2.05) is 6.92 Å². The molecule has 1 amide bonds. The Bertz CT molecular complexity index is 1110. The fourth-order valence-electron chi connectivity index (χ4n) is 2.85. The van der Waals surface area contributed by atoms with Crippen molar-refractivity contribution in [2.24, 2.45) is 0 Å². The van der Waals surface area contributed by atoms with E-state index in [0.29, 0.717) is 23.4 Å². The van der Waals surface area contributed by atoms with E-state index >= 15 is 0 Å². The van der Waals surface area contributed by atoms with E-state index in [9.17, 15) is 17.6 Å². The lowest BCUT2D eigenvalue weighted by Crippen LogP contribution is -2.31. The number of hydrogen-bond acceptors (Lipinski definition) is 5. The Morgan fingerprint density at radius 3 is 2.52 bits per heavy atom. The van der Waals surface area contributed by atoms with Crippen molar-refractivity contribution in [3.8, 4) is 0 Å². The summed E-state index contributed by atoms with van der Waals surface area (Å²) >= 11 is 1.17. The number of amides is 1. The first-order valence-corrected chi connectivity index (χ1v) is 11.6. The maximum Gasteiger partial charge on any atom is 0.257 e. The van der Waals surface area contributed by atoms with Crippen molar-refractivity contribution in [2.75, 3.05) is 18.4 Å². The zero-order valence-corrected chi connectivity index (χ0v) is 17.8. The highest BCUT2D eigenvalue weighted by Crippen LogP contribution is 2.28. The Hall–Kier alpha value is -2.36. The number of aromatic nitrogens is 1. The average Bonchev–Trinajstić information content (AvgIpc) is 3.12. The molecule has 0 bridgehead atoms. The first kappa shape index (κ1) is 21.4. The Labute approximate surface area is 173 Å². The molecule has 0 aliphatic carbocycles. The third-order valence-electron chi connectivity index (χ3n) is 4.46. The molecule has 2 aromatic carbocycles. The summed E-state index contributed by atoms with van der Waals surface area (Å²) in [4.78, 5) is 16.7. The van der Waals surface area contributed by atoms with Crippen molar-refractivity contribution < 1.29 is 17.6 Å². The summed E-state index contributed by atoms with van der Waals surface area (Å²) in [6, 6.07) is 10.4. The fraction of sp³-hybridized carbons (Fsp3) is 0.300. The molecule has 9 heteroatoms. The maximum atomic E-state index is 13.8. The van der Waals surface area contributed by atoms with Crippen molar-refractivity contribution in [1.29, 1.82) is 0 Å². The molecule has 0 spiro atoms. The van der Waals surface area contributed by atoms with Crippen LogP contribution in [0.1, 0.15) is 37.0 Å². The molecule has 154 valence electrons. The predicted octanol–water partition coefficient (Wildman–Crippen LogP) is 4.50. The Morgan fingerprint density at radius 2 is 1.90 bits per heavy atom. The molecule has 0 saturated heterocycles. The van der Waals surface area contributed by atoms with Gasteiger partial charge in [0.1, 0.15) is 11.3 Å². The molecule has 0 aliphatic heterocycles. The number of nitrogens with zero attached hydrogens (tertiary/aromatic N) is 2. The topological polar surface area (TPSA) is 79.4 Å². The van der Waals surface area contributed by atoms with Crippen molar-refractivity contribution in [1.82, 2.24) is 9.29 Å². The van der Waals surface area contributed by atoms with Crippen LogP contribution in [0.15, 0.2) is 47.4 Å². The third kappa shape index (κ3) is 4.63. The van der Waals surface area contributed by atoms with Gasteiger partial charge >= 0.3 is 0 Å². The molecule has 0 radical (unpaired) electrons. The summed E-state index contributed by atoms with van der Waals surface area (Å²) in [6.07, 6.45) is 1.69. The minimum atomic E-state index is -3.60. The number of unbranched alkanes of at least 4 members (excludes halogenated alkanes) is 1. The van der Waals surface area contributed by atoms with Crippen LogP contribution >= 0.6 is 11.3 Å². The summed E-state index contributed by atoms with van der Waals surface area (Å²) in [6.45, 7) is 4.66. The zero-order valence-electron chi connectivity index (χ0n) is 16.2. The first-order chi connectivity index (χ1) is 13.9. The maximum absolute atomic E-state index is 13.8. The van der Waals surface area contributed by atoms with Gasteiger partial charge in [-0.15, -0.1) is 0 Å². The molecule has 0 fully saturated rings. The van der Waals surface area contributed by atoms with Gasteiger partial charge in [0.25, 0.3) is 5.91 Å². The van der Waals surface area contributed by atoms with Crippen LogP contribution < -0.4 is 5.32 Å². The number of para-hydroxylation sites is 1. The van der Waals surface area contributed by atoms with E-state index in [1.165, 1.54) is 46.0 Å². The first-order valence-electron chi connectivity index (χ1n) is 9.33. The van der Waals surface area contributed by atoms with Gasteiger partial charge in [-0.3, -0.25) is 10.1 Å². The van der Waals surface area contributed by atoms with Crippen LogP contribution in [-0.4, -0.2) is 36.7 Å². The van der Waals surface area contributed by atoms with Crippen LogP contribution in [0, 0.1) is 5.82 Å². The van der Waals surface area contributed by atoms with Crippen LogP contribution in [0.3, 0.4) is 0 Å². The lowest BCUT2D eigenvalue weighted by atomic mass is 10.2. The second kappa shape index (κ2) is 8.98. The van der Waals surface area contributed by atoms with E-state index in [1.54, 1.807) is 19.1 Å². The van der Waals surface area contributed by atoms with E-state index in [-0.39, 0.29) is 15.5 Å². The SMILES string of the molecule is CCCCN(CC)S(=O)(=O)c1ccc(C(=O)Nc2nc3c(F)cccc3s2)cc1. The number of thiazole rings is 1. The van der Waals surface area contributed by atoms with Crippen LogP contribution in [0.25, 0.3) is 10.2 Å². The number of carbonyl (C=O) groups is 1. The largest absolute Gasteiger partial charge is 0.298 e. The van der Waals surface area contributed by atoms with E-state index in [2.05, 4.69) is 10.3 Å². The summed E-state index contributed by atoms with van der Waals surface area (Å²) in [5.74, 6) is -0.885. The minimum Gasteiger partial charge on any atom is -0.298 e. The number of benzene rings is 2. The molecule has 0 aliphatic rings. The quantitative estimate of drug-likeness (QED) is 0.565. The van der Waals surface area contributed by atoms with Crippen molar-refractivity contribution in [3.63, 3.8) is 0 Å². The van der Waals surface area contributed by atoms with Crippen molar-refractivity contribution in [3.05, 3.63) is 53.8 Å². The number of nitrogens with one attached hydrogen (secondary N) is 1. The number of fused-ring (bicyclic) bond motifs is 1. The molecule has 29 heavy (non-hydrogen) atoms. The van der Waals surface area contributed by atoms with Crippen LogP contribution in [0.2, 0.25) is 0 Å². The molecule has 0 unspecified atom stereocenters. The third-order valence-corrected chi connectivity index (χ3v) is 7.38. The van der Waals surface area contributed by atoms with Gasteiger partial charge in [-0.1, -0.05) is 37.7 Å². The number of sulfonamides is 1.